The summed E-state index contributed by atoms with van der Waals surface area (Å²) in [6, 6.07) is 54.2. The Bertz CT molecular complexity index is 2090. The minimum atomic E-state index is -0.130. The summed E-state index contributed by atoms with van der Waals surface area (Å²) in [6.07, 6.45) is 0. The highest BCUT2D eigenvalue weighted by molar-refractivity contribution is 5.99. The molecule has 54 heavy (non-hydrogen) atoms. The van der Waals surface area contributed by atoms with Gasteiger partial charge in [0.2, 0.25) is 0 Å². The van der Waals surface area contributed by atoms with Crippen molar-refractivity contribution in [3.8, 4) is 11.1 Å². The lowest BCUT2D eigenvalue weighted by Gasteiger charge is -2.36. The van der Waals surface area contributed by atoms with Crippen LogP contribution in [-0.2, 0) is 21.7 Å². The molecule has 0 bridgehead atoms. The maximum absolute atomic E-state index is 2.48. The van der Waals surface area contributed by atoms with E-state index < -0.39 is 0 Å². The van der Waals surface area contributed by atoms with Crippen LogP contribution < -0.4 is 9.80 Å². The molecule has 0 atom stereocenters. The summed E-state index contributed by atoms with van der Waals surface area (Å²) >= 11 is 0. The number of benzene rings is 6. The van der Waals surface area contributed by atoms with Crippen LogP contribution in [0.25, 0.3) is 11.1 Å². The monoisotopic (exact) mass is 712 g/mol. The molecule has 278 valence electrons. The average molecular weight is 713 g/mol. The lowest BCUT2D eigenvalue weighted by molar-refractivity contribution is 0.589. The second-order valence-electron chi connectivity index (χ2n) is 18.9. The van der Waals surface area contributed by atoms with E-state index in [-0.39, 0.29) is 21.7 Å². The van der Waals surface area contributed by atoms with Gasteiger partial charge in [-0.25, -0.2) is 0 Å². The standard InChI is InChI=1S/C52H60N2/c1-49(2,3)38-23-29-43(30-24-38)53(42-21-17-14-18-22-42)46-35-41(52(10,11)12)36-47(48(46)37-19-15-13-16-20-37)54(44-31-25-39(26-32-44)50(4,5)6)45-33-27-40(28-34-45)51(7,8)9/h13-36H,1-12H3. The Kier molecular flexibility index (Phi) is 10.5. The summed E-state index contributed by atoms with van der Waals surface area (Å²) in [5.74, 6) is 0. The summed E-state index contributed by atoms with van der Waals surface area (Å²) in [7, 11) is 0. The van der Waals surface area contributed by atoms with Crippen molar-refractivity contribution in [3.63, 3.8) is 0 Å². The van der Waals surface area contributed by atoms with E-state index in [1.165, 1.54) is 27.8 Å². The Morgan fingerprint density at radius 3 is 0.870 bits per heavy atom. The molecule has 0 saturated heterocycles. The van der Waals surface area contributed by atoms with Gasteiger partial charge in [-0.15, -0.1) is 0 Å². The van der Waals surface area contributed by atoms with Gasteiger partial charge in [0, 0.05) is 28.3 Å². The van der Waals surface area contributed by atoms with E-state index in [1.54, 1.807) is 0 Å². The molecule has 0 amide bonds. The molecule has 6 rings (SSSR count). The Morgan fingerprint density at radius 2 is 0.574 bits per heavy atom. The maximum Gasteiger partial charge on any atom is 0.0564 e. The van der Waals surface area contributed by atoms with Crippen molar-refractivity contribution in [1.29, 1.82) is 0 Å². The van der Waals surface area contributed by atoms with Gasteiger partial charge >= 0.3 is 0 Å². The second kappa shape index (κ2) is 14.6. The molecule has 0 aliphatic heterocycles. The van der Waals surface area contributed by atoms with E-state index in [0.717, 1.165) is 39.7 Å². The number of rotatable bonds is 7. The van der Waals surface area contributed by atoms with E-state index in [9.17, 15) is 0 Å². The molecule has 0 spiro atoms. The van der Waals surface area contributed by atoms with E-state index in [2.05, 4.69) is 238 Å². The van der Waals surface area contributed by atoms with Crippen molar-refractivity contribution in [3.05, 3.63) is 168 Å². The number of hydrogen-bond acceptors (Lipinski definition) is 2. The van der Waals surface area contributed by atoms with Gasteiger partial charge < -0.3 is 9.80 Å². The predicted octanol–water partition coefficient (Wildman–Crippen LogP) is 15.5. The highest BCUT2D eigenvalue weighted by atomic mass is 15.2. The molecule has 2 heteroatoms. The lowest BCUT2D eigenvalue weighted by atomic mass is 9.83. The van der Waals surface area contributed by atoms with Gasteiger partial charge in [0.1, 0.15) is 0 Å². The van der Waals surface area contributed by atoms with Gasteiger partial charge in [-0.1, -0.05) is 168 Å². The number of anilines is 6. The van der Waals surface area contributed by atoms with Crippen molar-refractivity contribution in [2.24, 2.45) is 0 Å². The molecule has 0 aliphatic carbocycles. The average Bonchev–Trinajstić information content (AvgIpc) is 3.12. The van der Waals surface area contributed by atoms with Crippen LogP contribution in [0.15, 0.2) is 146 Å². The van der Waals surface area contributed by atoms with Gasteiger partial charge in [-0.2, -0.15) is 0 Å². The zero-order valence-electron chi connectivity index (χ0n) is 34.8. The van der Waals surface area contributed by atoms with E-state index in [4.69, 9.17) is 0 Å². The van der Waals surface area contributed by atoms with Gasteiger partial charge in [0.25, 0.3) is 0 Å². The minimum absolute atomic E-state index is 0.0466. The van der Waals surface area contributed by atoms with E-state index in [0.29, 0.717) is 0 Å². The van der Waals surface area contributed by atoms with Crippen LogP contribution in [0.1, 0.15) is 105 Å². The summed E-state index contributed by atoms with van der Waals surface area (Å²) in [5.41, 5.74) is 14.3. The largest absolute Gasteiger partial charge is 0.310 e. The van der Waals surface area contributed by atoms with Crippen molar-refractivity contribution in [2.45, 2.75) is 105 Å². The molecular weight excluding hydrogens is 653 g/mol. The lowest BCUT2D eigenvalue weighted by Crippen LogP contribution is -2.20. The van der Waals surface area contributed by atoms with Crippen molar-refractivity contribution in [2.75, 3.05) is 9.80 Å². The first kappa shape index (κ1) is 38.6. The Balaban J connectivity index is 1.74. The molecule has 6 aromatic rings. The van der Waals surface area contributed by atoms with Crippen molar-refractivity contribution < 1.29 is 0 Å². The Labute approximate surface area is 326 Å². The minimum Gasteiger partial charge on any atom is -0.310 e. The zero-order chi connectivity index (χ0) is 39.1. The number of para-hydroxylation sites is 1. The van der Waals surface area contributed by atoms with Crippen LogP contribution in [0, 0.1) is 0 Å². The first-order valence-electron chi connectivity index (χ1n) is 19.5. The molecule has 2 nitrogen and oxygen atoms in total. The molecule has 0 radical (unpaired) electrons. The fourth-order valence-corrected chi connectivity index (χ4v) is 7.06. The molecule has 0 fully saturated rings. The van der Waals surface area contributed by atoms with Gasteiger partial charge in [0.15, 0.2) is 0 Å². The van der Waals surface area contributed by atoms with E-state index in [1.807, 2.05) is 0 Å². The smallest absolute Gasteiger partial charge is 0.0564 e. The molecule has 0 unspecified atom stereocenters. The summed E-state index contributed by atoms with van der Waals surface area (Å²) in [4.78, 5) is 4.93. The number of nitrogens with zero attached hydrogens (tertiary/aromatic N) is 2. The topological polar surface area (TPSA) is 6.48 Å². The fraction of sp³-hybridized carbons (Fsp3) is 0.308. The third-order valence-corrected chi connectivity index (χ3v) is 10.5. The molecule has 0 aliphatic rings. The van der Waals surface area contributed by atoms with Crippen LogP contribution in [0.2, 0.25) is 0 Å². The van der Waals surface area contributed by atoms with Crippen molar-refractivity contribution in [1.82, 2.24) is 0 Å². The number of hydrogen-bond donors (Lipinski definition) is 0. The molecule has 0 heterocycles. The second-order valence-corrected chi connectivity index (χ2v) is 18.9. The normalized spacial score (nSPS) is 12.4. The SMILES string of the molecule is CC(C)(C)c1ccc(N(c2ccccc2)c2cc(C(C)(C)C)cc(N(c3ccc(C(C)(C)C)cc3)c3ccc(C(C)(C)C)cc3)c2-c2ccccc2)cc1. The van der Waals surface area contributed by atoms with Crippen LogP contribution >= 0.6 is 0 Å². The third kappa shape index (κ3) is 8.34. The fourth-order valence-electron chi connectivity index (χ4n) is 7.06. The first-order chi connectivity index (χ1) is 25.3. The summed E-state index contributed by atoms with van der Waals surface area (Å²) < 4.78 is 0. The van der Waals surface area contributed by atoms with Gasteiger partial charge in [-0.05, 0) is 110 Å². The van der Waals surface area contributed by atoms with Gasteiger partial charge in [-0.3, -0.25) is 0 Å². The van der Waals surface area contributed by atoms with Crippen molar-refractivity contribution >= 4 is 34.1 Å². The zero-order valence-corrected chi connectivity index (χ0v) is 34.8. The van der Waals surface area contributed by atoms with Crippen LogP contribution in [0.4, 0.5) is 34.1 Å². The Hall–Kier alpha value is -5.08. The Morgan fingerprint density at radius 1 is 0.296 bits per heavy atom. The summed E-state index contributed by atoms with van der Waals surface area (Å²) in [6.45, 7) is 27.5. The molecule has 0 aromatic heterocycles. The van der Waals surface area contributed by atoms with Crippen LogP contribution in [-0.4, -0.2) is 0 Å². The highest BCUT2D eigenvalue weighted by Gasteiger charge is 2.29. The highest BCUT2D eigenvalue weighted by Crippen LogP contribution is 2.51. The molecular formula is C52H60N2. The molecule has 0 N–H and O–H groups in total. The summed E-state index contributed by atoms with van der Waals surface area (Å²) in [5, 5.41) is 0. The maximum atomic E-state index is 2.48. The van der Waals surface area contributed by atoms with Crippen LogP contribution in [0.3, 0.4) is 0 Å². The molecule has 0 saturated carbocycles. The quantitative estimate of drug-likeness (QED) is 0.163. The van der Waals surface area contributed by atoms with E-state index >= 15 is 0 Å². The third-order valence-electron chi connectivity index (χ3n) is 10.5. The molecule has 6 aromatic carbocycles. The van der Waals surface area contributed by atoms with Gasteiger partial charge in [0.05, 0.1) is 11.4 Å². The first-order valence-corrected chi connectivity index (χ1v) is 19.5. The van der Waals surface area contributed by atoms with Crippen LogP contribution in [0.5, 0.6) is 0 Å². The predicted molar refractivity (Wildman–Crippen MR) is 236 cm³/mol.